The Labute approximate surface area is 81.7 Å². The van der Waals surface area contributed by atoms with E-state index in [1.54, 1.807) is 7.05 Å². The summed E-state index contributed by atoms with van der Waals surface area (Å²) in [6.45, 7) is 0. The van der Waals surface area contributed by atoms with Gasteiger partial charge in [-0.05, 0) is 5.56 Å². The predicted octanol–water partition coefficient (Wildman–Crippen LogP) is 0.492. The number of benzene rings is 1. The first kappa shape index (κ1) is 9.18. The summed E-state index contributed by atoms with van der Waals surface area (Å²) in [5.41, 5.74) is 0.869. The van der Waals surface area contributed by atoms with Crippen LogP contribution in [0.2, 0.25) is 0 Å². The number of hydroxylamine groups is 2. The van der Waals surface area contributed by atoms with Crippen molar-refractivity contribution < 1.29 is 14.7 Å². The average molecular weight is 193 g/mol. The molecule has 0 radical (unpaired) electrons. The molecule has 0 spiro atoms. The van der Waals surface area contributed by atoms with Gasteiger partial charge in [-0.15, -0.1) is 5.06 Å². The summed E-state index contributed by atoms with van der Waals surface area (Å²) in [5, 5.41) is 10.9. The molecule has 1 aliphatic heterocycles. The fourth-order valence-electron chi connectivity index (χ4n) is 1.62. The van der Waals surface area contributed by atoms with Gasteiger partial charge in [-0.25, -0.2) is 4.79 Å². The van der Waals surface area contributed by atoms with Crippen LogP contribution >= 0.6 is 0 Å². The molecule has 4 heteroatoms. The zero-order valence-electron chi connectivity index (χ0n) is 7.75. The predicted molar refractivity (Wildman–Crippen MR) is 49.0 cm³/mol. The first-order chi connectivity index (χ1) is 6.70. The van der Waals surface area contributed by atoms with Crippen LogP contribution in [0.15, 0.2) is 30.3 Å². The summed E-state index contributed by atoms with van der Waals surface area (Å²) in [6, 6.07) is 8.91. The number of carbonyl (C=O) groups excluding carboxylic acids is 1. The summed E-state index contributed by atoms with van der Waals surface area (Å²) in [4.78, 5) is 15.8. The number of likely N-dealkylation sites (N-methyl/N-ethyl adjacent to an activating group) is 1. The van der Waals surface area contributed by atoms with E-state index >= 15 is 0 Å². The fraction of sp³-hybridized carbons (Fsp3) is 0.300. The van der Waals surface area contributed by atoms with Gasteiger partial charge in [-0.2, -0.15) is 0 Å². The molecule has 0 bridgehead atoms. The van der Waals surface area contributed by atoms with Crippen LogP contribution in [-0.4, -0.2) is 29.3 Å². The molecular formula is C10H11NO3. The number of carbonyl (C=O) groups is 1. The van der Waals surface area contributed by atoms with E-state index < -0.39 is 18.1 Å². The smallest absolute Gasteiger partial charge is 0.355 e. The minimum Gasteiger partial charge on any atom is -0.379 e. The molecule has 0 saturated carbocycles. The Bertz CT molecular complexity index is 338. The highest BCUT2D eigenvalue weighted by molar-refractivity contribution is 5.77. The molecule has 2 rings (SSSR count). The Balaban J connectivity index is 2.31. The van der Waals surface area contributed by atoms with Gasteiger partial charge in [0.05, 0.1) is 0 Å². The Morgan fingerprint density at radius 3 is 2.50 bits per heavy atom. The number of hydrogen-bond acceptors (Lipinski definition) is 4. The molecule has 0 aliphatic carbocycles. The van der Waals surface area contributed by atoms with Crippen LogP contribution in [0.1, 0.15) is 11.6 Å². The molecule has 1 aliphatic rings. The second-order valence-electron chi connectivity index (χ2n) is 3.26. The Morgan fingerprint density at radius 1 is 1.36 bits per heavy atom. The van der Waals surface area contributed by atoms with Gasteiger partial charge < -0.3 is 9.94 Å². The first-order valence-electron chi connectivity index (χ1n) is 4.38. The van der Waals surface area contributed by atoms with E-state index in [0.29, 0.717) is 0 Å². The van der Waals surface area contributed by atoms with Crippen LogP contribution in [0.3, 0.4) is 0 Å². The van der Waals surface area contributed by atoms with E-state index in [2.05, 4.69) is 0 Å². The molecule has 1 saturated heterocycles. The van der Waals surface area contributed by atoms with Crippen LogP contribution in [0.25, 0.3) is 0 Å². The summed E-state index contributed by atoms with van der Waals surface area (Å²) < 4.78 is 0. The van der Waals surface area contributed by atoms with Crippen LogP contribution in [0, 0.1) is 0 Å². The number of aliphatic hydroxyl groups is 1. The second kappa shape index (κ2) is 3.40. The molecule has 14 heavy (non-hydrogen) atoms. The lowest BCUT2D eigenvalue weighted by molar-refractivity contribution is -0.170. The van der Waals surface area contributed by atoms with E-state index in [1.807, 2.05) is 30.3 Å². The standard InChI is InChI=1S/C10H11NO3/c1-11-8(9(12)10(13)14-11)7-5-3-2-4-6-7/h2-6,8-9,12H,1H3/t8-,9-/m1/s1. The van der Waals surface area contributed by atoms with Gasteiger partial charge in [-0.1, -0.05) is 30.3 Å². The summed E-state index contributed by atoms with van der Waals surface area (Å²) in [6.07, 6.45) is -1.10. The van der Waals surface area contributed by atoms with E-state index in [-0.39, 0.29) is 0 Å². The Morgan fingerprint density at radius 2 is 2.00 bits per heavy atom. The zero-order valence-corrected chi connectivity index (χ0v) is 7.75. The van der Waals surface area contributed by atoms with E-state index in [9.17, 15) is 9.90 Å². The van der Waals surface area contributed by atoms with Crippen molar-refractivity contribution in [2.75, 3.05) is 7.05 Å². The van der Waals surface area contributed by atoms with E-state index in [0.717, 1.165) is 5.56 Å². The minimum atomic E-state index is -1.10. The monoisotopic (exact) mass is 193 g/mol. The number of nitrogens with zero attached hydrogens (tertiary/aromatic N) is 1. The topological polar surface area (TPSA) is 49.8 Å². The van der Waals surface area contributed by atoms with Crippen molar-refractivity contribution in [3.05, 3.63) is 35.9 Å². The highest BCUT2D eigenvalue weighted by atomic mass is 16.7. The molecule has 74 valence electrons. The molecule has 0 aromatic heterocycles. The van der Waals surface area contributed by atoms with Gasteiger partial charge in [0.15, 0.2) is 6.10 Å². The molecular weight excluding hydrogens is 182 g/mol. The van der Waals surface area contributed by atoms with Gasteiger partial charge in [0, 0.05) is 7.05 Å². The number of rotatable bonds is 1. The SMILES string of the molecule is CN1OC(=O)[C@H](O)[C@H]1c1ccccc1. The van der Waals surface area contributed by atoms with E-state index in [4.69, 9.17) is 4.84 Å². The van der Waals surface area contributed by atoms with Gasteiger partial charge in [-0.3, -0.25) is 0 Å². The van der Waals surface area contributed by atoms with Crippen molar-refractivity contribution in [1.82, 2.24) is 5.06 Å². The molecule has 1 aromatic carbocycles. The maximum Gasteiger partial charge on any atom is 0.355 e. The largest absolute Gasteiger partial charge is 0.379 e. The van der Waals surface area contributed by atoms with Gasteiger partial charge in [0.25, 0.3) is 0 Å². The minimum absolute atomic E-state index is 0.399. The first-order valence-corrected chi connectivity index (χ1v) is 4.38. The lowest BCUT2D eigenvalue weighted by atomic mass is 10.0. The van der Waals surface area contributed by atoms with Crippen molar-refractivity contribution in [2.24, 2.45) is 0 Å². The molecule has 0 amide bonds. The van der Waals surface area contributed by atoms with Gasteiger partial charge in [0.2, 0.25) is 0 Å². The van der Waals surface area contributed by atoms with Crippen LogP contribution in [0.4, 0.5) is 0 Å². The molecule has 0 unspecified atom stereocenters. The van der Waals surface area contributed by atoms with Crippen molar-refractivity contribution in [3.8, 4) is 0 Å². The summed E-state index contributed by atoms with van der Waals surface area (Å²) >= 11 is 0. The lowest BCUT2D eigenvalue weighted by Gasteiger charge is -2.17. The molecule has 4 nitrogen and oxygen atoms in total. The third-order valence-electron chi connectivity index (χ3n) is 2.31. The lowest BCUT2D eigenvalue weighted by Crippen LogP contribution is -2.24. The third-order valence-corrected chi connectivity index (χ3v) is 2.31. The number of hydrogen-bond donors (Lipinski definition) is 1. The zero-order chi connectivity index (χ0) is 10.1. The summed E-state index contributed by atoms with van der Waals surface area (Å²) in [7, 11) is 1.63. The van der Waals surface area contributed by atoms with E-state index in [1.165, 1.54) is 5.06 Å². The third kappa shape index (κ3) is 1.38. The number of aliphatic hydroxyl groups excluding tert-OH is 1. The van der Waals surface area contributed by atoms with Gasteiger partial charge >= 0.3 is 5.97 Å². The normalized spacial score (nSPS) is 27.7. The van der Waals surface area contributed by atoms with Crippen molar-refractivity contribution in [1.29, 1.82) is 0 Å². The quantitative estimate of drug-likeness (QED) is 0.705. The molecule has 1 aromatic rings. The maximum atomic E-state index is 11.1. The molecule has 2 atom stereocenters. The molecule has 1 fully saturated rings. The molecule has 1 heterocycles. The van der Waals surface area contributed by atoms with Crippen molar-refractivity contribution >= 4 is 5.97 Å². The summed E-state index contributed by atoms with van der Waals surface area (Å²) in [5.74, 6) is -0.596. The van der Waals surface area contributed by atoms with Crippen LogP contribution in [-0.2, 0) is 9.63 Å². The Kier molecular flexibility index (Phi) is 2.23. The van der Waals surface area contributed by atoms with Crippen LogP contribution < -0.4 is 0 Å². The van der Waals surface area contributed by atoms with Gasteiger partial charge in [0.1, 0.15) is 6.04 Å². The van der Waals surface area contributed by atoms with Crippen LogP contribution in [0.5, 0.6) is 0 Å². The second-order valence-corrected chi connectivity index (χ2v) is 3.26. The fourth-order valence-corrected chi connectivity index (χ4v) is 1.62. The van der Waals surface area contributed by atoms with Crippen molar-refractivity contribution in [2.45, 2.75) is 12.1 Å². The highest BCUT2D eigenvalue weighted by Gasteiger charge is 2.41. The highest BCUT2D eigenvalue weighted by Crippen LogP contribution is 2.29. The maximum absolute atomic E-state index is 11.1. The average Bonchev–Trinajstić information content (AvgIpc) is 2.43. The molecule has 1 N–H and O–H groups in total. The van der Waals surface area contributed by atoms with Crippen molar-refractivity contribution in [3.63, 3.8) is 0 Å². The Hall–Kier alpha value is -1.39.